The molecule has 0 aromatic heterocycles. The predicted molar refractivity (Wildman–Crippen MR) is 124 cm³/mol. The third-order valence-corrected chi connectivity index (χ3v) is 6.15. The number of halogens is 3. The van der Waals surface area contributed by atoms with Gasteiger partial charge in [-0.05, 0) is 48.1 Å². The zero-order valence-electron chi connectivity index (χ0n) is 19.4. The van der Waals surface area contributed by atoms with E-state index in [0.717, 1.165) is 6.42 Å². The van der Waals surface area contributed by atoms with Gasteiger partial charge in [-0.25, -0.2) is 0 Å². The Morgan fingerprint density at radius 3 is 2.59 bits per heavy atom. The topological polar surface area (TPSA) is 59.0 Å². The van der Waals surface area contributed by atoms with Crippen LogP contribution in [0.1, 0.15) is 51.6 Å². The Hall–Kier alpha value is -3.16. The molecule has 8 heteroatoms. The number of ether oxygens (including phenoxy) is 1. The minimum atomic E-state index is -5.14. The smallest absolute Gasteiger partial charge is 0.471 e. The molecule has 2 atom stereocenters. The van der Waals surface area contributed by atoms with Gasteiger partial charge in [0.2, 0.25) is 0 Å². The van der Waals surface area contributed by atoms with Crippen molar-refractivity contribution in [2.24, 2.45) is 16.3 Å². The average molecular weight is 473 g/mol. The average Bonchev–Trinajstić information content (AvgIpc) is 2.90. The predicted octanol–water partition coefficient (Wildman–Crippen LogP) is 6.20. The van der Waals surface area contributed by atoms with Crippen LogP contribution in [0, 0.1) is 11.3 Å². The second-order valence-electron chi connectivity index (χ2n) is 9.59. The van der Waals surface area contributed by atoms with Crippen LogP contribution in [0.3, 0.4) is 0 Å². The quantitative estimate of drug-likeness (QED) is 0.532. The van der Waals surface area contributed by atoms with Gasteiger partial charge in [0.25, 0.3) is 0 Å². The first-order chi connectivity index (χ1) is 16.0. The number of hydrogen-bond donors (Lipinski definition) is 0. The highest BCUT2D eigenvalue weighted by Gasteiger charge is 2.52. The van der Waals surface area contributed by atoms with E-state index in [1.807, 2.05) is 20.8 Å². The van der Waals surface area contributed by atoms with Gasteiger partial charge >= 0.3 is 12.1 Å². The van der Waals surface area contributed by atoms with Crippen molar-refractivity contribution in [3.8, 4) is 5.75 Å². The van der Waals surface area contributed by atoms with Crippen LogP contribution in [0.4, 0.5) is 24.5 Å². The number of Topliss-reactive ketones (excluding diaryl/α,β-unsaturated/α-hetero) is 1. The summed E-state index contributed by atoms with van der Waals surface area (Å²) >= 11 is 0. The molecule has 2 aromatic carbocycles. The van der Waals surface area contributed by atoms with Crippen molar-refractivity contribution < 1.29 is 27.5 Å². The van der Waals surface area contributed by atoms with E-state index < -0.39 is 24.0 Å². The molecule has 180 valence electrons. The molecule has 0 bridgehead atoms. The molecule has 2 aliphatic rings. The number of nitrogens with zero attached hydrogens (tertiary/aromatic N) is 2. The Bertz CT molecular complexity index is 1140. The second kappa shape index (κ2) is 8.89. The summed E-state index contributed by atoms with van der Waals surface area (Å²) in [6, 6.07) is 11.7. The highest BCUT2D eigenvalue weighted by Crippen LogP contribution is 2.49. The van der Waals surface area contributed by atoms with Crippen molar-refractivity contribution in [3.63, 3.8) is 0 Å². The number of benzene rings is 2. The molecule has 0 radical (unpaired) electrons. The first kappa shape index (κ1) is 24.0. The van der Waals surface area contributed by atoms with E-state index in [1.165, 1.54) is 6.07 Å². The van der Waals surface area contributed by atoms with Crippen LogP contribution in [0.5, 0.6) is 5.75 Å². The fraction of sp³-hybridized carbons (Fsp3) is 0.423. The number of rotatable bonds is 4. The van der Waals surface area contributed by atoms with Gasteiger partial charge in [-0.3, -0.25) is 19.5 Å². The summed E-state index contributed by atoms with van der Waals surface area (Å²) in [4.78, 5) is 31.8. The lowest BCUT2D eigenvalue weighted by molar-refractivity contribution is -0.171. The Morgan fingerprint density at radius 1 is 1.15 bits per heavy atom. The number of alkyl halides is 3. The molecule has 2 unspecified atom stereocenters. The van der Waals surface area contributed by atoms with Gasteiger partial charge in [0.15, 0.2) is 0 Å². The van der Waals surface area contributed by atoms with Gasteiger partial charge in [-0.1, -0.05) is 45.0 Å². The first-order valence-corrected chi connectivity index (χ1v) is 11.3. The van der Waals surface area contributed by atoms with Crippen molar-refractivity contribution >= 4 is 28.8 Å². The Morgan fingerprint density at radius 2 is 1.88 bits per heavy atom. The zero-order chi connectivity index (χ0) is 24.7. The minimum absolute atomic E-state index is 0.0298. The number of fused-ring (bicyclic) bond motifs is 2. The second-order valence-corrected chi connectivity index (χ2v) is 9.59. The maximum atomic E-state index is 13.9. The highest BCUT2D eigenvalue weighted by molar-refractivity contribution is 6.13. The molecule has 1 aliphatic carbocycles. The fourth-order valence-electron chi connectivity index (χ4n) is 4.84. The molecule has 2 aromatic rings. The molecule has 0 N–H and O–H groups in total. The number of amides is 1. The molecule has 1 amide bonds. The molecular weight excluding hydrogens is 445 g/mol. The summed E-state index contributed by atoms with van der Waals surface area (Å²) in [6.07, 6.45) is -3.76. The summed E-state index contributed by atoms with van der Waals surface area (Å²) < 4.78 is 47.4. The van der Waals surface area contributed by atoms with E-state index in [4.69, 9.17) is 4.74 Å². The molecular formula is C26H27F3N2O3. The SMILES string of the molecule is CCCOc1cccc(C2C3C(=O)CC(C)(C)CC3=Nc3ccccc3N2C(=O)C(F)(F)F)c1. The van der Waals surface area contributed by atoms with Gasteiger partial charge in [0.1, 0.15) is 11.5 Å². The lowest BCUT2D eigenvalue weighted by Crippen LogP contribution is -2.50. The molecule has 1 fully saturated rings. The Kier molecular flexibility index (Phi) is 6.27. The minimum Gasteiger partial charge on any atom is -0.494 e. The van der Waals surface area contributed by atoms with Crippen molar-refractivity contribution in [3.05, 3.63) is 54.1 Å². The number of aliphatic imine (C=N–C) groups is 1. The summed E-state index contributed by atoms with van der Waals surface area (Å²) in [5.74, 6) is -2.78. The van der Waals surface area contributed by atoms with Crippen molar-refractivity contribution in [1.29, 1.82) is 0 Å². The molecule has 4 rings (SSSR count). The number of carbonyl (C=O) groups is 2. The van der Waals surface area contributed by atoms with Gasteiger partial charge in [-0.2, -0.15) is 13.2 Å². The van der Waals surface area contributed by atoms with Gasteiger partial charge < -0.3 is 4.74 Å². The number of anilines is 1. The first-order valence-electron chi connectivity index (χ1n) is 11.3. The summed E-state index contributed by atoms with van der Waals surface area (Å²) in [6.45, 7) is 6.26. The number of para-hydroxylation sites is 2. The lowest BCUT2D eigenvalue weighted by Gasteiger charge is -2.41. The van der Waals surface area contributed by atoms with Crippen LogP contribution in [0.15, 0.2) is 53.5 Å². The number of hydrogen-bond acceptors (Lipinski definition) is 4. The Labute approximate surface area is 196 Å². The molecule has 1 heterocycles. The summed E-state index contributed by atoms with van der Waals surface area (Å²) in [7, 11) is 0. The van der Waals surface area contributed by atoms with E-state index in [9.17, 15) is 22.8 Å². The summed E-state index contributed by atoms with van der Waals surface area (Å²) in [5, 5.41) is 0. The number of ketones is 1. The molecule has 1 aliphatic heterocycles. The highest BCUT2D eigenvalue weighted by atomic mass is 19.4. The van der Waals surface area contributed by atoms with Crippen LogP contribution >= 0.6 is 0 Å². The van der Waals surface area contributed by atoms with E-state index in [-0.39, 0.29) is 29.0 Å². The molecule has 34 heavy (non-hydrogen) atoms. The largest absolute Gasteiger partial charge is 0.494 e. The number of carbonyl (C=O) groups excluding carboxylic acids is 2. The van der Waals surface area contributed by atoms with Crippen LogP contribution in [0.2, 0.25) is 0 Å². The maximum Gasteiger partial charge on any atom is 0.471 e. The van der Waals surface area contributed by atoms with Crippen LogP contribution < -0.4 is 9.64 Å². The summed E-state index contributed by atoms with van der Waals surface area (Å²) in [5.41, 5.74) is 0.778. The maximum absolute atomic E-state index is 13.9. The van der Waals surface area contributed by atoms with Crippen molar-refractivity contribution in [1.82, 2.24) is 0 Å². The van der Waals surface area contributed by atoms with E-state index in [1.54, 1.807) is 42.5 Å². The normalized spacial score (nSPS) is 21.8. The molecule has 5 nitrogen and oxygen atoms in total. The van der Waals surface area contributed by atoms with Crippen LogP contribution in [0.25, 0.3) is 0 Å². The van der Waals surface area contributed by atoms with Gasteiger partial charge in [-0.15, -0.1) is 0 Å². The van der Waals surface area contributed by atoms with Gasteiger partial charge in [0.05, 0.1) is 29.9 Å². The van der Waals surface area contributed by atoms with E-state index >= 15 is 0 Å². The van der Waals surface area contributed by atoms with Gasteiger partial charge in [0, 0.05) is 12.1 Å². The lowest BCUT2D eigenvalue weighted by atomic mass is 9.68. The van der Waals surface area contributed by atoms with E-state index in [2.05, 4.69) is 4.99 Å². The van der Waals surface area contributed by atoms with Crippen molar-refractivity contribution in [2.45, 2.75) is 52.3 Å². The molecule has 0 spiro atoms. The molecule has 0 saturated heterocycles. The third-order valence-electron chi connectivity index (χ3n) is 6.15. The van der Waals surface area contributed by atoms with E-state index in [0.29, 0.717) is 35.0 Å². The third kappa shape index (κ3) is 4.58. The fourth-order valence-corrected chi connectivity index (χ4v) is 4.84. The monoisotopic (exact) mass is 472 g/mol. The standard InChI is InChI=1S/C26H27F3N2O3/c1-4-12-34-17-9-7-8-16(13-17)23-22-19(14-25(2,3)15-21(22)32)30-18-10-5-6-11-20(18)31(23)24(33)26(27,28)29/h5-11,13,22-23H,4,12,14-15H2,1-3H3. The van der Waals surface area contributed by atoms with Crippen molar-refractivity contribution in [2.75, 3.05) is 11.5 Å². The molecule has 1 saturated carbocycles. The van der Waals surface area contributed by atoms with Crippen LogP contribution in [-0.2, 0) is 9.59 Å². The van der Waals surface area contributed by atoms with Crippen LogP contribution in [-0.4, -0.2) is 30.2 Å². The Balaban J connectivity index is 1.96. The zero-order valence-corrected chi connectivity index (χ0v) is 19.4.